The zero-order valence-electron chi connectivity index (χ0n) is 20.0. The zero-order chi connectivity index (χ0) is 21.2. The molecule has 1 nitrogen and oxygen atoms in total. The smallest absolute Gasteiger partial charge is 0.119 e. The van der Waals surface area contributed by atoms with E-state index in [2.05, 4.69) is 26.8 Å². The molecule has 0 aromatic heterocycles. The van der Waals surface area contributed by atoms with Gasteiger partial charge in [0.25, 0.3) is 0 Å². The number of phenols is 1. The van der Waals surface area contributed by atoms with Gasteiger partial charge < -0.3 is 5.11 Å². The van der Waals surface area contributed by atoms with Crippen molar-refractivity contribution in [2.45, 2.75) is 143 Å². The van der Waals surface area contributed by atoms with Crippen LogP contribution >= 0.6 is 0 Å². The van der Waals surface area contributed by atoms with Crippen LogP contribution in [0.15, 0.2) is 12.1 Å². The number of unbranched alkanes of at least 4 members (excludes halogenated alkanes) is 13. The van der Waals surface area contributed by atoms with Gasteiger partial charge in [-0.25, -0.2) is 0 Å². The van der Waals surface area contributed by atoms with Gasteiger partial charge in [0.15, 0.2) is 0 Å². The van der Waals surface area contributed by atoms with E-state index in [1.54, 1.807) is 0 Å². The molecule has 0 bridgehead atoms. The van der Waals surface area contributed by atoms with Gasteiger partial charge in [-0.05, 0) is 61.3 Å². The molecule has 1 aromatic rings. The van der Waals surface area contributed by atoms with Crippen molar-refractivity contribution in [1.29, 1.82) is 0 Å². The summed E-state index contributed by atoms with van der Waals surface area (Å²) < 4.78 is 0. The van der Waals surface area contributed by atoms with Crippen LogP contribution in [0.5, 0.6) is 5.75 Å². The van der Waals surface area contributed by atoms with Gasteiger partial charge in [-0.1, -0.05) is 110 Å². The summed E-state index contributed by atoms with van der Waals surface area (Å²) in [4.78, 5) is 0. The van der Waals surface area contributed by atoms with Crippen LogP contribution in [0.25, 0.3) is 0 Å². The molecule has 0 radical (unpaired) electrons. The lowest BCUT2D eigenvalue weighted by atomic mass is 9.89. The van der Waals surface area contributed by atoms with E-state index in [-0.39, 0.29) is 0 Å². The summed E-state index contributed by atoms with van der Waals surface area (Å²) in [5.74, 6) is 0.548. The highest BCUT2D eigenvalue weighted by Gasteiger charge is 2.13. The first-order valence-electron chi connectivity index (χ1n) is 13.1. The minimum atomic E-state index is 0.548. The van der Waals surface area contributed by atoms with E-state index in [1.807, 2.05) is 6.07 Å². The molecule has 0 atom stereocenters. The highest BCUT2D eigenvalue weighted by molar-refractivity contribution is 5.45. The number of rotatable bonds is 19. The van der Waals surface area contributed by atoms with Gasteiger partial charge in [-0.3, -0.25) is 0 Å². The Balaban J connectivity index is 2.48. The third-order valence-corrected chi connectivity index (χ3v) is 6.36. The van der Waals surface area contributed by atoms with Gasteiger partial charge >= 0.3 is 0 Å². The van der Waals surface area contributed by atoms with Crippen molar-refractivity contribution in [2.24, 2.45) is 0 Å². The molecule has 168 valence electrons. The van der Waals surface area contributed by atoms with E-state index in [1.165, 1.54) is 126 Å². The summed E-state index contributed by atoms with van der Waals surface area (Å²) >= 11 is 0. The van der Waals surface area contributed by atoms with Crippen LogP contribution in [0.2, 0.25) is 0 Å². The van der Waals surface area contributed by atoms with Crippen LogP contribution in [0.1, 0.15) is 140 Å². The maximum absolute atomic E-state index is 10.6. The van der Waals surface area contributed by atoms with Crippen LogP contribution in [0, 0.1) is 0 Å². The van der Waals surface area contributed by atoms with Gasteiger partial charge in [-0.15, -0.1) is 0 Å². The molecule has 1 aromatic carbocycles. The molecule has 0 aliphatic heterocycles. The average Bonchev–Trinajstić information content (AvgIpc) is 2.73. The van der Waals surface area contributed by atoms with Crippen LogP contribution in [-0.4, -0.2) is 5.11 Å². The van der Waals surface area contributed by atoms with E-state index < -0.39 is 0 Å². The second-order valence-corrected chi connectivity index (χ2v) is 9.05. The fourth-order valence-corrected chi connectivity index (χ4v) is 4.44. The molecule has 0 fully saturated rings. The Bertz CT molecular complexity index is 505. The Morgan fingerprint density at radius 1 is 0.483 bits per heavy atom. The fraction of sp³-hybridized carbons (Fsp3) is 0.786. The standard InChI is InChI=1S/C28H50O/c1-4-7-10-12-13-14-15-16-17-19-22-27-26(21-18-11-8-5-2)25(20-9-6-3)23-24-28(27)29/h23-24,29H,4-22H2,1-3H3. The van der Waals surface area contributed by atoms with Crippen molar-refractivity contribution in [2.75, 3.05) is 0 Å². The summed E-state index contributed by atoms with van der Waals surface area (Å²) in [5, 5.41) is 10.6. The molecular weight excluding hydrogens is 352 g/mol. The maximum Gasteiger partial charge on any atom is 0.119 e. The first-order valence-corrected chi connectivity index (χ1v) is 13.1. The predicted molar refractivity (Wildman–Crippen MR) is 130 cm³/mol. The Kier molecular flexibility index (Phi) is 16.0. The van der Waals surface area contributed by atoms with E-state index in [0.29, 0.717) is 5.75 Å². The molecule has 29 heavy (non-hydrogen) atoms. The van der Waals surface area contributed by atoms with Crippen molar-refractivity contribution < 1.29 is 5.11 Å². The quantitative estimate of drug-likeness (QED) is 0.228. The molecule has 0 aliphatic carbocycles. The second kappa shape index (κ2) is 17.8. The minimum absolute atomic E-state index is 0.548. The molecule has 1 N–H and O–H groups in total. The predicted octanol–water partition coefficient (Wildman–Crippen LogP) is 9.32. The van der Waals surface area contributed by atoms with E-state index >= 15 is 0 Å². The van der Waals surface area contributed by atoms with Crippen molar-refractivity contribution >= 4 is 0 Å². The summed E-state index contributed by atoms with van der Waals surface area (Å²) in [7, 11) is 0. The number of hydrogen-bond donors (Lipinski definition) is 1. The molecule has 1 heteroatoms. The van der Waals surface area contributed by atoms with Crippen molar-refractivity contribution in [3.63, 3.8) is 0 Å². The Morgan fingerprint density at radius 3 is 1.48 bits per heavy atom. The Morgan fingerprint density at radius 2 is 0.931 bits per heavy atom. The van der Waals surface area contributed by atoms with Crippen LogP contribution in [-0.2, 0) is 19.3 Å². The third-order valence-electron chi connectivity index (χ3n) is 6.36. The van der Waals surface area contributed by atoms with Crippen LogP contribution in [0.4, 0.5) is 0 Å². The first kappa shape index (κ1) is 26.1. The highest BCUT2D eigenvalue weighted by atomic mass is 16.3. The van der Waals surface area contributed by atoms with Crippen LogP contribution in [0.3, 0.4) is 0 Å². The largest absolute Gasteiger partial charge is 0.508 e. The topological polar surface area (TPSA) is 20.2 Å². The van der Waals surface area contributed by atoms with E-state index in [9.17, 15) is 5.11 Å². The van der Waals surface area contributed by atoms with Crippen molar-refractivity contribution in [3.8, 4) is 5.75 Å². The van der Waals surface area contributed by atoms with E-state index in [0.717, 1.165) is 12.8 Å². The normalized spacial score (nSPS) is 11.3. The number of aromatic hydroxyl groups is 1. The van der Waals surface area contributed by atoms with Gasteiger partial charge in [0.05, 0.1) is 0 Å². The number of aryl methyl sites for hydroxylation is 1. The zero-order valence-corrected chi connectivity index (χ0v) is 20.0. The van der Waals surface area contributed by atoms with Crippen molar-refractivity contribution in [3.05, 3.63) is 28.8 Å². The molecule has 0 saturated heterocycles. The molecule has 1 rings (SSSR count). The molecule has 0 aliphatic rings. The lowest BCUT2D eigenvalue weighted by molar-refractivity contribution is 0.463. The van der Waals surface area contributed by atoms with E-state index in [4.69, 9.17) is 0 Å². The Hall–Kier alpha value is -0.980. The summed E-state index contributed by atoms with van der Waals surface area (Å²) in [6, 6.07) is 4.16. The Labute approximate surface area is 182 Å². The second-order valence-electron chi connectivity index (χ2n) is 9.05. The summed E-state index contributed by atoms with van der Waals surface area (Å²) in [6.07, 6.45) is 24.8. The first-order chi connectivity index (χ1) is 14.2. The maximum atomic E-state index is 10.6. The van der Waals surface area contributed by atoms with Gasteiger partial charge in [0, 0.05) is 0 Å². The minimum Gasteiger partial charge on any atom is -0.508 e. The third kappa shape index (κ3) is 11.7. The number of phenolic OH excluding ortho intramolecular Hbond substituents is 1. The lowest BCUT2D eigenvalue weighted by Gasteiger charge is -2.17. The molecule has 0 heterocycles. The van der Waals surface area contributed by atoms with Gasteiger partial charge in [0.2, 0.25) is 0 Å². The van der Waals surface area contributed by atoms with Crippen LogP contribution < -0.4 is 0 Å². The van der Waals surface area contributed by atoms with Gasteiger partial charge in [-0.2, -0.15) is 0 Å². The van der Waals surface area contributed by atoms with Crippen molar-refractivity contribution in [1.82, 2.24) is 0 Å². The molecule has 0 saturated carbocycles. The number of hydrogen-bond acceptors (Lipinski definition) is 1. The average molecular weight is 403 g/mol. The highest BCUT2D eigenvalue weighted by Crippen LogP contribution is 2.29. The number of benzene rings is 1. The lowest BCUT2D eigenvalue weighted by Crippen LogP contribution is -2.02. The molecule has 0 spiro atoms. The SMILES string of the molecule is CCCCCCCCCCCCc1c(O)ccc(CCCC)c1CCCCCC. The monoisotopic (exact) mass is 402 g/mol. The summed E-state index contributed by atoms with van der Waals surface area (Å²) in [5.41, 5.74) is 4.27. The van der Waals surface area contributed by atoms with Gasteiger partial charge in [0.1, 0.15) is 5.75 Å². The molecular formula is C28H50O. The summed E-state index contributed by atoms with van der Waals surface area (Å²) in [6.45, 7) is 6.83. The molecule has 0 amide bonds. The molecule has 0 unspecified atom stereocenters. The fourth-order valence-electron chi connectivity index (χ4n) is 4.44.